The molecule has 5 amide bonds. The van der Waals surface area contributed by atoms with Crippen molar-refractivity contribution in [3.8, 4) is 0 Å². The SMILES string of the molecule is C[C@@H](O)[C@H](NC(=O)[C@H](Cc1c[nH]c2ccccc12)NC(=O)[C@@H]1C[C@@H](OCc2ccccc2)CN1C(=O)[C@@H](NC(=O)OCc1ccccc1)[C@@H](C)O)C(N)=O. The first-order valence-corrected chi connectivity index (χ1v) is 17.7. The van der Waals surface area contributed by atoms with Crippen LogP contribution in [0, 0.1) is 0 Å². The molecular weight excluding hydrogens is 696 g/mol. The van der Waals surface area contributed by atoms with Crippen LogP contribution < -0.4 is 21.7 Å². The number of primary amides is 1. The van der Waals surface area contributed by atoms with Crippen LogP contribution >= 0.6 is 0 Å². The van der Waals surface area contributed by atoms with Crippen molar-refractivity contribution in [2.75, 3.05) is 6.54 Å². The number of aromatic nitrogens is 1. The van der Waals surface area contributed by atoms with E-state index in [0.29, 0.717) is 11.1 Å². The zero-order valence-corrected chi connectivity index (χ0v) is 30.0. The lowest BCUT2D eigenvalue weighted by Crippen LogP contribution is -2.60. The summed E-state index contributed by atoms with van der Waals surface area (Å²) in [5, 5.41) is 29.2. The van der Waals surface area contributed by atoms with Crippen LogP contribution in [0.3, 0.4) is 0 Å². The third-order valence-electron chi connectivity index (χ3n) is 9.23. The van der Waals surface area contributed by atoms with Crippen LogP contribution in [-0.4, -0.2) is 98.8 Å². The number of ether oxygens (including phenoxy) is 2. The standard InChI is InChI=1S/C39H46N6O9/c1-23(46)33(35(40)48)43-36(49)31(17-27-19-41-30-16-10-9-15-29(27)30)42-37(50)32-18-28(53-21-25-11-5-3-6-12-25)20-45(32)38(51)34(24(2)47)44-39(52)54-22-26-13-7-4-8-14-26/h3-16,19,23-24,28,31-34,41,46-47H,17-18,20-22H2,1-2H3,(H2,40,48)(H,42,50)(H,43,49)(H,44,52)/t23-,24-,28-,31+,32+,33+,34+/m1/s1. The van der Waals surface area contributed by atoms with Gasteiger partial charge in [-0.3, -0.25) is 19.2 Å². The fraction of sp³-hybridized carbons (Fsp3) is 0.359. The van der Waals surface area contributed by atoms with Crippen molar-refractivity contribution in [2.24, 2.45) is 5.73 Å². The van der Waals surface area contributed by atoms with E-state index in [-0.39, 0.29) is 32.6 Å². The molecule has 0 aliphatic carbocycles. The number of aliphatic hydroxyl groups is 2. The minimum atomic E-state index is -1.50. The Morgan fingerprint density at radius 2 is 1.44 bits per heavy atom. The van der Waals surface area contributed by atoms with Gasteiger partial charge in [-0.25, -0.2) is 4.79 Å². The van der Waals surface area contributed by atoms with Crippen LogP contribution in [0.15, 0.2) is 91.1 Å². The molecule has 2 heterocycles. The normalized spacial score (nSPS) is 18.2. The Bertz CT molecular complexity index is 1900. The van der Waals surface area contributed by atoms with Crippen LogP contribution in [0.2, 0.25) is 0 Å². The molecular formula is C39H46N6O9. The maximum absolute atomic E-state index is 14.3. The van der Waals surface area contributed by atoms with Crippen molar-refractivity contribution in [2.45, 2.75) is 82.4 Å². The van der Waals surface area contributed by atoms with Gasteiger partial charge in [-0.2, -0.15) is 0 Å². The van der Waals surface area contributed by atoms with Gasteiger partial charge in [0.15, 0.2) is 0 Å². The van der Waals surface area contributed by atoms with E-state index in [2.05, 4.69) is 20.9 Å². The second-order valence-corrected chi connectivity index (χ2v) is 13.3. The lowest BCUT2D eigenvalue weighted by atomic mass is 10.0. The van der Waals surface area contributed by atoms with E-state index < -0.39 is 72.2 Å². The Hall–Kier alpha value is -5.77. The average Bonchev–Trinajstić information content (AvgIpc) is 3.79. The summed E-state index contributed by atoms with van der Waals surface area (Å²) in [7, 11) is 0. The fourth-order valence-electron chi connectivity index (χ4n) is 6.34. The van der Waals surface area contributed by atoms with Gasteiger partial charge in [0, 0.05) is 36.5 Å². The van der Waals surface area contributed by atoms with Gasteiger partial charge < -0.3 is 51.3 Å². The van der Waals surface area contributed by atoms with Gasteiger partial charge in [0.2, 0.25) is 23.6 Å². The van der Waals surface area contributed by atoms with Crippen molar-refractivity contribution in [3.05, 3.63) is 108 Å². The van der Waals surface area contributed by atoms with Gasteiger partial charge >= 0.3 is 6.09 Å². The number of nitrogens with zero attached hydrogens (tertiary/aromatic N) is 1. The van der Waals surface area contributed by atoms with E-state index in [4.69, 9.17) is 15.2 Å². The minimum absolute atomic E-state index is 0.0222. The van der Waals surface area contributed by atoms with E-state index in [1.165, 1.54) is 18.7 Å². The number of para-hydroxylation sites is 1. The molecule has 1 aromatic heterocycles. The first-order chi connectivity index (χ1) is 25.9. The number of nitrogens with two attached hydrogens (primary N) is 1. The van der Waals surface area contributed by atoms with Crippen molar-refractivity contribution in [1.82, 2.24) is 25.8 Å². The fourth-order valence-corrected chi connectivity index (χ4v) is 6.34. The van der Waals surface area contributed by atoms with Gasteiger partial charge in [-0.05, 0) is 36.6 Å². The van der Waals surface area contributed by atoms with Crippen molar-refractivity contribution in [3.63, 3.8) is 0 Å². The molecule has 0 radical (unpaired) electrons. The van der Waals surface area contributed by atoms with Gasteiger partial charge in [-0.1, -0.05) is 78.9 Å². The first-order valence-electron chi connectivity index (χ1n) is 17.7. The molecule has 1 aliphatic rings. The average molecular weight is 743 g/mol. The number of benzene rings is 3. The third-order valence-corrected chi connectivity index (χ3v) is 9.23. The Labute approximate surface area is 312 Å². The number of H-pyrrole nitrogens is 1. The Morgan fingerprint density at radius 1 is 0.833 bits per heavy atom. The van der Waals surface area contributed by atoms with Gasteiger partial charge in [-0.15, -0.1) is 0 Å². The van der Waals surface area contributed by atoms with E-state index in [1.807, 2.05) is 60.7 Å². The largest absolute Gasteiger partial charge is 0.445 e. The molecule has 7 atom stereocenters. The maximum Gasteiger partial charge on any atom is 0.408 e. The molecule has 1 aliphatic heterocycles. The summed E-state index contributed by atoms with van der Waals surface area (Å²) in [6.07, 6.45) is -2.62. The van der Waals surface area contributed by atoms with E-state index in [0.717, 1.165) is 16.5 Å². The van der Waals surface area contributed by atoms with E-state index >= 15 is 0 Å². The van der Waals surface area contributed by atoms with Crippen LogP contribution in [0.1, 0.15) is 37.0 Å². The molecule has 8 N–H and O–H groups in total. The molecule has 0 unspecified atom stereocenters. The number of alkyl carbamates (subject to hydrolysis) is 1. The number of hydrogen-bond acceptors (Lipinski definition) is 9. The quantitative estimate of drug-likeness (QED) is 0.0880. The van der Waals surface area contributed by atoms with Crippen molar-refractivity contribution in [1.29, 1.82) is 0 Å². The highest BCUT2D eigenvalue weighted by Gasteiger charge is 2.44. The van der Waals surface area contributed by atoms with Crippen LogP contribution in [0.25, 0.3) is 10.9 Å². The Kier molecular flexibility index (Phi) is 13.4. The number of carbonyl (C=O) groups is 5. The summed E-state index contributed by atoms with van der Waals surface area (Å²) < 4.78 is 11.4. The van der Waals surface area contributed by atoms with Crippen molar-refractivity contribution >= 4 is 40.6 Å². The lowest BCUT2D eigenvalue weighted by molar-refractivity contribution is -0.142. The number of aliphatic hydroxyl groups excluding tert-OH is 2. The zero-order chi connectivity index (χ0) is 38.8. The predicted octanol–water partition coefficient (Wildman–Crippen LogP) is 1.41. The number of likely N-dealkylation sites (tertiary alicyclic amines) is 1. The second-order valence-electron chi connectivity index (χ2n) is 13.3. The second kappa shape index (κ2) is 18.3. The lowest BCUT2D eigenvalue weighted by Gasteiger charge is -2.30. The molecule has 15 nitrogen and oxygen atoms in total. The summed E-state index contributed by atoms with van der Waals surface area (Å²) in [6.45, 7) is 2.66. The number of nitrogens with one attached hydrogen (secondary N) is 4. The molecule has 5 rings (SSSR count). The number of rotatable bonds is 16. The molecule has 3 aromatic carbocycles. The zero-order valence-electron chi connectivity index (χ0n) is 30.0. The maximum atomic E-state index is 14.3. The Balaban J connectivity index is 1.39. The number of fused-ring (bicyclic) bond motifs is 1. The molecule has 286 valence electrons. The van der Waals surface area contributed by atoms with E-state index in [1.54, 1.807) is 30.5 Å². The molecule has 1 fully saturated rings. The highest BCUT2D eigenvalue weighted by atomic mass is 16.5. The van der Waals surface area contributed by atoms with Gasteiger partial charge in [0.25, 0.3) is 0 Å². The summed E-state index contributed by atoms with van der Waals surface area (Å²) in [6, 6.07) is 20.2. The molecule has 4 aromatic rings. The monoisotopic (exact) mass is 742 g/mol. The summed E-state index contributed by atoms with van der Waals surface area (Å²) in [5.41, 5.74) is 8.49. The van der Waals surface area contributed by atoms with Crippen LogP contribution in [0.5, 0.6) is 0 Å². The molecule has 54 heavy (non-hydrogen) atoms. The Morgan fingerprint density at radius 3 is 2.07 bits per heavy atom. The summed E-state index contributed by atoms with van der Waals surface area (Å²) >= 11 is 0. The molecule has 1 saturated heterocycles. The molecule has 0 bridgehead atoms. The molecule has 15 heteroatoms. The number of aromatic amines is 1. The molecule has 0 spiro atoms. The summed E-state index contributed by atoms with van der Waals surface area (Å²) in [4.78, 5) is 71.4. The molecule has 0 saturated carbocycles. The highest BCUT2D eigenvalue weighted by molar-refractivity contribution is 5.96. The van der Waals surface area contributed by atoms with Gasteiger partial charge in [0.1, 0.15) is 30.8 Å². The minimum Gasteiger partial charge on any atom is -0.445 e. The summed E-state index contributed by atoms with van der Waals surface area (Å²) in [5.74, 6) is -3.26. The highest BCUT2D eigenvalue weighted by Crippen LogP contribution is 2.25. The van der Waals surface area contributed by atoms with E-state index in [9.17, 15) is 34.2 Å². The van der Waals surface area contributed by atoms with Crippen LogP contribution in [0.4, 0.5) is 4.79 Å². The number of amides is 5. The third kappa shape index (κ3) is 10.2. The van der Waals surface area contributed by atoms with Crippen LogP contribution in [-0.2, 0) is 48.3 Å². The number of hydrogen-bond donors (Lipinski definition) is 7. The topological polar surface area (TPSA) is 225 Å². The predicted molar refractivity (Wildman–Crippen MR) is 197 cm³/mol. The smallest absolute Gasteiger partial charge is 0.408 e. The van der Waals surface area contributed by atoms with Crippen molar-refractivity contribution < 1.29 is 43.7 Å². The number of carbonyl (C=O) groups excluding carboxylic acids is 5. The first kappa shape index (κ1) is 39.4. The van der Waals surface area contributed by atoms with Gasteiger partial charge in [0.05, 0.1) is 24.9 Å².